The molecule has 1 aliphatic rings. The van der Waals surface area contributed by atoms with Crippen molar-refractivity contribution in [3.05, 3.63) is 31.7 Å². The molecule has 0 spiro atoms. The molecule has 0 amide bonds. The highest BCUT2D eigenvalue weighted by molar-refractivity contribution is 8.79. The fourth-order valence-electron chi connectivity index (χ4n) is 0.692. The molecule has 0 atom stereocenters. The van der Waals surface area contributed by atoms with Crippen molar-refractivity contribution in [2.75, 3.05) is 0 Å². The van der Waals surface area contributed by atoms with Crippen LogP contribution in [0.25, 0.3) is 0 Å². The lowest BCUT2D eigenvalue weighted by Gasteiger charge is -1.96. The van der Waals surface area contributed by atoms with Gasteiger partial charge in [-0.15, -0.1) is 0 Å². The first-order valence-corrected chi connectivity index (χ1v) is 5.20. The van der Waals surface area contributed by atoms with E-state index in [-0.39, 0.29) is 10.6 Å². The normalized spacial score (nSPS) is 21.5. The molecule has 0 aliphatic carbocycles. The Hall–Kier alpha value is -0.420. The van der Waals surface area contributed by atoms with E-state index >= 15 is 0 Å². The summed E-state index contributed by atoms with van der Waals surface area (Å²) >= 11 is 0. The van der Waals surface area contributed by atoms with Gasteiger partial charge >= 0.3 is 0 Å². The Kier molecular flexibility index (Phi) is 2.62. The van der Waals surface area contributed by atoms with Gasteiger partial charge in [0, 0.05) is 6.92 Å². The molecule has 0 unspecified atom stereocenters. The van der Waals surface area contributed by atoms with Crippen LogP contribution in [0.3, 0.4) is 0 Å². The molecule has 0 radical (unpaired) electrons. The average Bonchev–Trinajstić information content (AvgIpc) is 2.33. The molecule has 11 heavy (non-hydrogen) atoms. The van der Waals surface area contributed by atoms with Crippen LogP contribution in [0.15, 0.2) is 21.6 Å². The second kappa shape index (κ2) is 3.32. The SMILES string of the molecule is CC1=CSS/C1=C(\C)[N+](=O)[O-]. The van der Waals surface area contributed by atoms with E-state index in [1.165, 1.54) is 28.5 Å². The first kappa shape index (κ1) is 8.67. The molecule has 0 fully saturated rings. The largest absolute Gasteiger partial charge is 0.259 e. The molecule has 0 aromatic rings. The molecular formula is C6H7NO2S2. The van der Waals surface area contributed by atoms with Gasteiger partial charge in [-0.05, 0) is 28.7 Å². The maximum Gasteiger partial charge on any atom is 0.257 e. The highest BCUT2D eigenvalue weighted by Gasteiger charge is 2.18. The lowest BCUT2D eigenvalue weighted by Crippen LogP contribution is -1.96. The summed E-state index contributed by atoms with van der Waals surface area (Å²) in [7, 11) is 2.98. The highest BCUT2D eigenvalue weighted by atomic mass is 33.1. The molecule has 60 valence electrons. The third kappa shape index (κ3) is 1.78. The Morgan fingerprint density at radius 3 is 2.73 bits per heavy atom. The Morgan fingerprint density at radius 2 is 2.36 bits per heavy atom. The summed E-state index contributed by atoms with van der Waals surface area (Å²) < 4.78 is 0. The summed E-state index contributed by atoms with van der Waals surface area (Å²) in [5, 5.41) is 12.3. The second-order valence-electron chi connectivity index (χ2n) is 2.15. The zero-order valence-electron chi connectivity index (χ0n) is 6.16. The lowest BCUT2D eigenvalue weighted by molar-refractivity contribution is -0.424. The van der Waals surface area contributed by atoms with E-state index in [2.05, 4.69) is 0 Å². The second-order valence-corrected chi connectivity index (χ2v) is 4.23. The van der Waals surface area contributed by atoms with Crippen LogP contribution in [-0.2, 0) is 0 Å². The molecule has 0 aromatic carbocycles. The van der Waals surface area contributed by atoms with E-state index in [9.17, 15) is 10.1 Å². The van der Waals surface area contributed by atoms with Gasteiger partial charge in [0.05, 0.1) is 9.83 Å². The van der Waals surface area contributed by atoms with E-state index in [4.69, 9.17) is 0 Å². The number of nitrogens with zero attached hydrogens (tertiary/aromatic N) is 1. The highest BCUT2D eigenvalue weighted by Crippen LogP contribution is 2.45. The number of rotatable bonds is 1. The van der Waals surface area contributed by atoms with Gasteiger partial charge in [-0.25, -0.2) is 0 Å². The first-order valence-electron chi connectivity index (χ1n) is 2.98. The molecule has 0 saturated heterocycles. The van der Waals surface area contributed by atoms with Gasteiger partial charge in [0.1, 0.15) is 0 Å². The maximum absolute atomic E-state index is 10.3. The minimum Gasteiger partial charge on any atom is -0.259 e. The van der Waals surface area contributed by atoms with Crippen LogP contribution >= 0.6 is 21.6 Å². The first-order chi connectivity index (χ1) is 5.13. The van der Waals surface area contributed by atoms with Crippen LogP contribution in [0, 0.1) is 10.1 Å². The smallest absolute Gasteiger partial charge is 0.257 e. The molecular weight excluding hydrogens is 182 g/mol. The Balaban J connectivity index is 2.97. The van der Waals surface area contributed by atoms with Crippen molar-refractivity contribution in [2.45, 2.75) is 13.8 Å². The topological polar surface area (TPSA) is 43.1 Å². The number of allylic oxidation sites excluding steroid dienone is 2. The fourth-order valence-corrected chi connectivity index (χ4v) is 3.18. The number of nitro groups is 1. The monoisotopic (exact) mass is 189 g/mol. The van der Waals surface area contributed by atoms with E-state index in [1.54, 1.807) is 0 Å². The average molecular weight is 189 g/mol. The number of hydrogen-bond donors (Lipinski definition) is 0. The summed E-state index contributed by atoms with van der Waals surface area (Å²) in [4.78, 5) is 10.8. The van der Waals surface area contributed by atoms with Crippen molar-refractivity contribution in [3.8, 4) is 0 Å². The van der Waals surface area contributed by atoms with Crippen LogP contribution in [0.2, 0.25) is 0 Å². The molecule has 3 nitrogen and oxygen atoms in total. The van der Waals surface area contributed by atoms with Crippen LogP contribution in [0.1, 0.15) is 13.8 Å². The molecule has 0 aromatic heterocycles. The van der Waals surface area contributed by atoms with Gasteiger partial charge in [-0.3, -0.25) is 10.1 Å². The molecule has 0 bridgehead atoms. The molecule has 0 saturated carbocycles. The van der Waals surface area contributed by atoms with Gasteiger partial charge in [0.2, 0.25) is 0 Å². The third-order valence-corrected chi connectivity index (χ3v) is 3.72. The zero-order chi connectivity index (χ0) is 8.43. The molecule has 1 aliphatic heterocycles. The van der Waals surface area contributed by atoms with Crippen molar-refractivity contribution in [1.82, 2.24) is 0 Å². The van der Waals surface area contributed by atoms with Crippen molar-refractivity contribution < 1.29 is 4.92 Å². The molecule has 5 heteroatoms. The van der Waals surface area contributed by atoms with E-state index < -0.39 is 0 Å². The maximum atomic E-state index is 10.3. The summed E-state index contributed by atoms with van der Waals surface area (Å²) in [6, 6.07) is 0. The van der Waals surface area contributed by atoms with Crippen LogP contribution in [-0.4, -0.2) is 4.92 Å². The Labute approximate surface area is 72.5 Å². The zero-order valence-corrected chi connectivity index (χ0v) is 7.79. The fraction of sp³-hybridized carbons (Fsp3) is 0.333. The van der Waals surface area contributed by atoms with Crippen molar-refractivity contribution in [3.63, 3.8) is 0 Å². The molecule has 1 rings (SSSR count). The summed E-state index contributed by atoms with van der Waals surface area (Å²) in [6.45, 7) is 3.42. The van der Waals surface area contributed by atoms with Gasteiger partial charge in [-0.2, -0.15) is 0 Å². The van der Waals surface area contributed by atoms with E-state index in [0.717, 1.165) is 10.5 Å². The summed E-state index contributed by atoms with van der Waals surface area (Å²) in [5.41, 5.74) is 1.24. The van der Waals surface area contributed by atoms with Crippen LogP contribution < -0.4 is 0 Å². The summed E-state index contributed by atoms with van der Waals surface area (Å²) in [5.74, 6) is 0. The Bertz CT molecular complexity index is 257. The minimum atomic E-state index is -0.342. The van der Waals surface area contributed by atoms with E-state index in [1.807, 2.05) is 12.3 Å². The predicted octanol–water partition coefficient (Wildman–Crippen LogP) is 2.79. The van der Waals surface area contributed by atoms with Crippen molar-refractivity contribution in [2.24, 2.45) is 0 Å². The third-order valence-electron chi connectivity index (χ3n) is 1.32. The summed E-state index contributed by atoms with van der Waals surface area (Å²) in [6.07, 6.45) is 0. The standard InChI is InChI=1S/C6H7NO2S2/c1-4-3-10-11-6(4)5(2)7(8)9/h3H,1-2H3/b6-5+. The van der Waals surface area contributed by atoms with Gasteiger partial charge in [0.15, 0.2) is 0 Å². The van der Waals surface area contributed by atoms with Crippen molar-refractivity contribution in [1.29, 1.82) is 0 Å². The van der Waals surface area contributed by atoms with Crippen LogP contribution in [0.4, 0.5) is 0 Å². The van der Waals surface area contributed by atoms with Gasteiger partial charge in [-0.1, -0.05) is 10.8 Å². The van der Waals surface area contributed by atoms with Gasteiger partial charge in [0.25, 0.3) is 5.70 Å². The van der Waals surface area contributed by atoms with E-state index in [0.29, 0.717) is 0 Å². The minimum absolute atomic E-state index is 0.244. The lowest BCUT2D eigenvalue weighted by atomic mass is 10.3. The molecule has 1 heterocycles. The molecule has 0 N–H and O–H groups in total. The van der Waals surface area contributed by atoms with Gasteiger partial charge < -0.3 is 0 Å². The van der Waals surface area contributed by atoms with Crippen LogP contribution in [0.5, 0.6) is 0 Å². The Morgan fingerprint density at radius 1 is 1.73 bits per heavy atom. The predicted molar refractivity (Wildman–Crippen MR) is 48.6 cm³/mol. The number of hydrogen-bond acceptors (Lipinski definition) is 4. The quantitative estimate of drug-likeness (QED) is 0.361. The van der Waals surface area contributed by atoms with Crippen molar-refractivity contribution >= 4 is 21.6 Å².